The molecule has 1 aromatic carbocycles. The van der Waals surface area contributed by atoms with Crippen LogP contribution in [0.3, 0.4) is 0 Å². The number of halogens is 2. The number of nitrogens with zero attached hydrogens (tertiary/aromatic N) is 2. The largest absolute Gasteiger partial charge is 0.434 e. The average Bonchev–Trinajstić information content (AvgIpc) is 2.82. The first-order valence-electron chi connectivity index (χ1n) is 7.70. The predicted octanol–water partition coefficient (Wildman–Crippen LogP) is 3.17. The fraction of sp³-hybridized carbons (Fsp3) is 0.412. The van der Waals surface area contributed by atoms with Crippen molar-refractivity contribution in [2.75, 3.05) is 6.54 Å². The third-order valence-electron chi connectivity index (χ3n) is 3.55. The van der Waals surface area contributed by atoms with E-state index in [1.54, 1.807) is 12.1 Å². The number of para-hydroxylation sites is 1. The summed E-state index contributed by atoms with van der Waals surface area (Å²) < 4.78 is 31.1. The lowest BCUT2D eigenvalue weighted by Crippen LogP contribution is -2.30. The Kier molecular flexibility index (Phi) is 5.89. The Balaban J connectivity index is 1.94. The first kappa shape index (κ1) is 17.9. The van der Waals surface area contributed by atoms with Crippen LogP contribution in [0.15, 0.2) is 30.3 Å². The van der Waals surface area contributed by atoms with E-state index in [0.717, 1.165) is 11.4 Å². The van der Waals surface area contributed by atoms with Gasteiger partial charge in [-0.2, -0.15) is 13.9 Å². The molecule has 0 unspecified atom stereocenters. The maximum absolute atomic E-state index is 12.4. The Labute approximate surface area is 139 Å². The Morgan fingerprint density at radius 1 is 1.33 bits per heavy atom. The summed E-state index contributed by atoms with van der Waals surface area (Å²) in [5.74, 6) is -0.433. The molecule has 0 aliphatic rings. The Morgan fingerprint density at radius 2 is 2.04 bits per heavy atom. The molecular formula is C17H21F2N3O2. The number of aromatic nitrogens is 2. The minimum Gasteiger partial charge on any atom is -0.434 e. The van der Waals surface area contributed by atoms with Crippen LogP contribution in [0.2, 0.25) is 0 Å². The molecule has 1 N–H and O–H groups in total. The van der Waals surface area contributed by atoms with Crippen molar-refractivity contribution in [1.29, 1.82) is 0 Å². The number of carbonyl (C=O) groups is 1. The first-order chi connectivity index (χ1) is 11.4. The van der Waals surface area contributed by atoms with E-state index in [1.165, 1.54) is 12.1 Å². The maximum atomic E-state index is 12.4. The minimum absolute atomic E-state index is 0.0936. The summed E-state index contributed by atoms with van der Waals surface area (Å²) in [5.41, 5.74) is 2.10. The average molecular weight is 337 g/mol. The van der Waals surface area contributed by atoms with Crippen LogP contribution >= 0.6 is 0 Å². The highest BCUT2D eigenvalue weighted by Crippen LogP contribution is 2.20. The number of benzene rings is 1. The van der Waals surface area contributed by atoms with Crippen LogP contribution in [-0.2, 0) is 6.54 Å². The number of rotatable bonds is 7. The van der Waals surface area contributed by atoms with Gasteiger partial charge in [-0.1, -0.05) is 19.1 Å². The van der Waals surface area contributed by atoms with Crippen LogP contribution in [0.1, 0.15) is 28.7 Å². The van der Waals surface area contributed by atoms with Crippen molar-refractivity contribution in [3.05, 3.63) is 47.3 Å². The molecule has 1 heterocycles. The number of amides is 1. The lowest BCUT2D eigenvalue weighted by molar-refractivity contribution is -0.0501. The second-order valence-corrected chi connectivity index (χ2v) is 5.80. The molecule has 0 bridgehead atoms. The zero-order chi connectivity index (χ0) is 17.7. The molecule has 0 saturated heterocycles. The Bertz CT molecular complexity index is 701. The molecule has 1 atom stereocenters. The third kappa shape index (κ3) is 4.78. The number of carbonyl (C=O) groups excluding carboxylic acids is 1. The van der Waals surface area contributed by atoms with Crippen LogP contribution < -0.4 is 10.1 Å². The molecule has 1 amide bonds. The summed E-state index contributed by atoms with van der Waals surface area (Å²) in [7, 11) is 0. The quantitative estimate of drug-likeness (QED) is 0.844. The van der Waals surface area contributed by atoms with Gasteiger partial charge in [-0.05, 0) is 38.0 Å². The molecule has 1 aromatic heterocycles. The van der Waals surface area contributed by atoms with Crippen molar-refractivity contribution in [3.63, 3.8) is 0 Å². The fourth-order valence-corrected chi connectivity index (χ4v) is 2.43. The van der Waals surface area contributed by atoms with E-state index in [1.807, 2.05) is 31.5 Å². The monoisotopic (exact) mass is 337 g/mol. The standard InChI is InChI=1S/C17H21F2N3O2/c1-11(10-22-13(3)8-12(2)21-22)9-20-16(23)14-6-4-5-7-15(14)24-17(18)19/h4-8,11,17H,9-10H2,1-3H3,(H,20,23)/t11-/m0/s1. The second-order valence-electron chi connectivity index (χ2n) is 5.80. The van der Waals surface area contributed by atoms with Gasteiger partial charge in [-0.3, -0.25) is 9.48 Å². The fourth-order valence-electron chi connectivity index (χ4n) is 2.43. The van der Waals surface area contributed by atoms with Gasteiger partial charge in [0.05, 0.1) is 11.3 Å². The summed E-state index contributed by atoms with van der Waals surface area (Å²) in [6.07, 6.45) is 0. The molecule has 0 radical (unpaired) electrons. The first-order valence-corrected chi connectivity index (χ1v) is 7.70. The lowest BCUT2D eigenvalue weighted by Gasteiger charge is -2.15. The van der Waals surface area contributed by atoms with Gasteiger partial charge in [-0.25, -0.2) is 0 Å². The summed E-state index contributed by atoms with van der Waals surface area (Å²) >= 11 is 0. The summed E-state index contributed by atoms with van der Waals surface area (Å²) in [5, 5.41) is 7.14. The van der Waals surface area contributed by atoms with Gasteiger partial charge >= 0.3 is 6.61 Å². The van der Waals surface area contributed by atoms with Crippen LogP contribution in [0.25, 0.3) is 0 Å². The van der Waals surface area contributed by atoms with Gasteiger partial charge in [0.1, 0.15) is 5.75 Å². The molecule has 2 rings (SSSR count). The van der Waals surface area contributed by atoms with Crippen molar-refractivity contribution >= 4 is 5.91 Å². The molecule has 24 heavy (non-hydrogen) atoms. The van der Waals surface area contributed by atoms with E-state index < -0.39 is 12.5 Å². The van der Waals surface area contributed by atoms with E-state index in [-0.39, 0.29) is 17.2 Å². The SMILES string of the molecule is Cc1cc(C)n(C[C@@H](C)CNC(=O)c2ccccc2OC(F)F)n1. The van der Waals surface area contributed by atoms with E-state index in [9.17, 15) is 13.6 Å². The maximum Gasteiger partial charge on any atom is 0.387 e. The zero-order valence-corrected chi connectivity index (χ0v) is 13.9. The molecule has 2 aromatic rings. The number of alkyl halides is 2. The molecule has 0 fully saturated rings. The van der Waals surface area contributed by atoms with Crippen molar-refractivity contribution in [3.8, 4) is 5.75 Å². The Morgan fingerprint density at radius 3 is 2.67 bits per heavy atom. The number of ether oxygens (including phenoxy) is 1. The smallest absolute Gasteiger partial charge is 0.387 e. The van der Waals surface area contributed by atoms with Crippen molar-refractivity contribution in [1.82, 2.24) is 15.1 Å². The molecule has 0 aliphatic carbocycles. The number of hydrogen-bond acceptors (Lipinski definition) is 3. The van der Waals surface area contributed by atoms with E-state index in [4.69, 9.17) is 0 Å². The van der Waals surface area contributed by atoms with E-state index >= 15 is 0 Å². The number of aryl methyl sites for hydroxylation is 2. The topological polar surface area (TPSA) is 56.2 Å². The van der Waals surface area contributed by atoms with E-state index in [0.29, 0.717) is 13.1 Å². The van der Waals surface area contributed by atoms with E-state index in [2.05, 4.69) is 15.2 Å². The summed E-state index contributed by atoms with van der Waals surface area (Å²) in [4.78, 5) is 12.2. The lowest BCUT2D eigenvalue weighted by atomic mass is 10.1. The molecule has 130 valence electrons. The normalized spacial score (nSPS) is 12.2. The Hall–Kier alpha value is -2.44. The van der Waals surface area contributed by atoms with Gasteiger partial charge in [0, 0.05) is 18.8 Å². The van der Waals surface area contributed by atoms with Gasteiger partial charge in [0.15, 0.2) is 0 Å². The third-order valence-corrected chi connectivity index (χ3v) is 3.55. The highest BCUT2D eigenvalue weighted by atomic mass is 19.3. The van der Waals surface area contributed by atoms with Crippen LogP contribution in [0.4, 0.5) is 8.78 Å². The minimum atomic E-state index is -2.97. The van der Waals surface area contributed by atoms with Crippen LogP contribution in [-0.4, -0.2) is 28.8 Å². The van der Waals surface area contributed by atoms with Gasteiger partial charge in [0.2, 0.25) is 0 Å². The number of nitrogens with one attached hydrogen (secondary N) is 1. The van der Waals surface area contributed by atoms with Gasteiger partial charge in [-0.15, -0.1) is 0 Å². The van der Waals surface area contributed by atoms with Gasteiger partial charge < -0.3 is 10.1 Å². The van der Waals surface area contributed by atoms with Crippen molar-refractivity contribution in [2.45, 2.75) is 33.9 Å². The van der Waals surface area contributed by atoms with Crippen LogP contribution in [0, 0.1) is 19.8 Å². The van der Waals surface area contributed by atoms with Gasteiger partial charge in [0.25, 0.3) is 5.91 Å². The molecular weight excluding hydrogens is 316 g/mol. The second kappa shape index (κ2) is 7.90. The number of hydrogen-bond donors (Lipinski definition) is 1. The predicted molar refractivity (Wildman–Crippen MR) is 86.3 cm³/mol. The highest BCUT2D eigenvalue weighted by Gasteiger charge is 2.16. The summed E-state index contributed by atoms with van der Waals surface area (Å²) in [6.45, 7) is 3.98. The molecule has 5 nitrogen and oxygen atoms in total. The molecule has 0 saturated carbocycles. The molecule has 0 spiro atoms. The van der Waals surface area contributed by atoms with Crippen molar-refractivity contribution in [2.24, 2.45) is 5.92 Å². The molecule has 0 aliphatic heterocycles. The summed E-state index contributed by atoms with van der Waals surface area (Å²) in [6, 6.07) is 7.94. The van der Waals surface area contributed by atoms with Crippen LogP contribution in [0.5, 0.6) is 5.75 Å². The van der Waals surface area contributed by atoms with Crippen molar-refractivity contribution < 1.29 is 18.3 Å². The highest BCUT2D eigenvalue weighted by molar-refractivity contribution is 5.96. The zero-order valence-electron chi connectivity index (χ0n) is 13.9. The molecule has 7 heteroatoms.